The van der Waals surface area contributed by atoms with Crippen LogP contribution < -0.4 is 0 Å². The maximum Gasteiger partial charge on any atom is 0.422 e. The molecule has 0 heterocycles. The number of fused-ring (bicyclic) bond motifs is 1. The minimum Gasteiger partial charge on any atom is -0.206 e. The third-order valence-electron chi connectivity index (χ3n) is 7.14. The summed E-state index contributed by atoms with van der Waals surface area (Å²) in [5.41, 5.74) is -0.259. The van der Waals surface area contributed by atoms with Gasteiger partial charge in [0.05, 0.1) is 0 Å². The van der Waals surface area contributed by atoms with E-state index >= 15 is 4.39 Å². The SMILES string of the molecule is CCCC1CCC(c2ccc3c(F)c(CCc4cc(F)c(C(F)(F)F)c(F)c4)ccc3c2)CC1. The highest BCUT2D eigenvalue weighted by Crippen LogP contribution is 2.39. The Morgan fingerprint density at radius 3 is 2.12 bits per heavy atom. The molecule has 0 amide bonds. The lowest BCUT2D eigenvalue weighted by Gasteiger charge is -2.28. The quantitative estimate of drug-likeness (QED) is 0.310. The van der Waals surface area contributed by atoms with Gasteiger partial charge in [0, 0.05) is 5.39 Å². The summed E-state index contributed by atoms with van der Waals surface area (Å²) in [5, 5.41) is 1.28. The lowest BCUT2D eigenvalue weighted by Crippen LogP contribution is -2.13. The highest BCUT2D eigenvalue weighted by Gasteiger charge is 2.37. The van der Waals surface area contributed by atoms with Gasteiger partial charge in [0.2, 0.25) is 0 Å². The molecule has 1 fully saturated rings. The number of hydrogen-bond donors (Lipinski definition) is 0. The zero-order chi connectivity index (χ0) is 24.5. The standard InChI is InChI=1S/C28H28F6/c1-2-3-17-4-7-19(8-5-17)21-12-13-23-22(16-21)11-10-20(27(23)31)9-6-18-14-24(29)26(25(30)15-18)28(32,33)34/h10-17,19H,2-9H2,1H3. The lowest BCUT2D eigenvalue weighted by atomic mass is 9.77. The molecule has 0 atom stereocenters. The first-order chi connectivity index (χ1) is 16.2. The molecule has 4 rings (SSSR count). The number of benzene rings is 3. The van der Waals surface area contributed by atoms with Gasteiger partial charge in [0.25, 0.3) is 0 Å². The van der Waals surface area contributed by atoms with E-state index in [1.807, 2.05) is 18.2 Å². The average molecular weight is 479 g/mol. The van der Waals surface area contributed by atoms with Gasteiger partial charge in [-0.2, -0.15) is 13.2 Å². The summed E-state index contributed by atoms with van der Waals surface area (Å²) >= 11 is 0. The molecule has 0 nitrogen and oxygen atoms in total. The smallest absolute Gasteiger partial charge is 0.206 e. The minimum absolute atomic E-state index is 0.0213. The number of halogens is 6. The molecular weight excluding hydrogens is 450 g/mol. The molecule has 1 saturated carbocycles. The van der Waals surface area contributed by atoms with E-state index in [0.717, 1.165) is 24.1 Å². The summed E-state index contributed by atoms with van der Waals surface area (Å²) < 4.78 is 81.1. The van der Waals surface area contributed by atoms with Gasteiger partial charge in [-0.3, -0.25) is 0 Å². The highest BCUT2D eigenvalue weighted by molar-refractivity contribution is 5.84. The molecule has 3 aromatic rings. The van der Waals surface area contributed by atoms with Gasteiger partial charge in [-0.05, 0) is 84.6 Å². The van der Waals surface area contributed by atoms with E-state index in [2.05, 4.69) is 6.92 Å². The van der Waals surface area contributed by atoms with Crippen molar-refractivity contribution in [3.05, 3.63) is 82.2 Å². The van der Waals surface area contributed by atoms with Gasteiger partial charge < -0.3 is 0 Å². The van der Waals surface area contributed by atoms with Crippen molar-refractivity contribution in [3.8, 4) is 0 Å². The molecule has 0 bridgehead atoms. The molecule has 0 aliphatic heterocycles. The van der Waals surface area contributed by atoms with Crippen LogP contribution in [-0.2, 0) is 19.0 Å². The highest BCUT2D eigenvalue weighted by atomic mass is 19.4. The molecule has 0 N–H and O–H groups in total. The number of rotatable bonds is 6. The first-order valence-electron chi connectivity index (χ1n) is 11.9. The molecule has 0 radical (unpaired) electrons. The second-order valence-corrected chi connectivity index (χ2v) is 9.46. The molecule has 1 aliphatic rings. The normalized spacial score (nSPS) is 19.0. The third kappa shape index (κ3) is 5.26. The average Bonchev–Trinajstić information content (AvgIpc) is 2.78. The van der Waals surface area contributed by atoms with Crippen LogP contribution in [0.3, 0.4) is 0 Å². The fourth-order valence-corrected chi connectivity index (χ4v) is 5.31. The molecule has 6 heteroatoms. The van der Waals surface area contributed by atoms with E-state index in [9.17, 15) is 22.0 Å². The van der Waals surface area contributed by atoms with Crippen molar-refractivity contribution < 1.29 is 26.3 Å². The van der Waals surface area contributed by atoms with Gasteiger partial charge in [0.15, 0.2) is 0 Å². The Morgan fingerprint density at radius 1 is 0.824 bits per heavy atom. The molecule has 0 aromatic heterocycles. The van der Waals surface area contributed by atoms with Gasteiger partial charge in [-0.15, -0.1) is 0 Å². The van der Waals surface area contributed by atoms with Crippen molar-refractivity contribution in [1.29, 1.82) is 0 Å². The largest absolute Gasteiger partial charge is 0.422 e. The molecular formula is C28H28F6. The van der Waals surface area contributed by atoms with Crippen molar-refractivity contribution in [2.75, 3.05) is 0 Å². The Hall–Kier alpha value is -2.50. The van der Waals surface area contributed by atoms with Gasteiger partial charge >= 0.3 is 6.18 Å². The fourth-order valence-electron chi connectivity index (χ4n) is 5.31. The van der Waals surface area contributed by atoms with Crippen molar-refractivity contribution in [1.82, 2.24) is 0 Å². The van der Waals surface area contributed by atoms with Crippen LogP contribution in [0.25, 0.3) is 10.8 Å². The molecule has 182 valence electrons. The summed E-state index contributed by atoms with van der Waals surface area (Å²) in [6.07, 6.45) is 2.30. The maximum absolute atomic E-state index is 15.2. The molecule has 0 spiro atoms. The van der Waals surface area contributed by atoms with Crippen LogP contribution in [0.15, 0.2) is 42.5 Å². The van der Waals surface area contributed by atoms with Crippen LogP contribution >= 0.6 is 0 Å². The third-order valence-corrected chi connectivity index (χ3v) is 7.14. The van der Waals surface area contributed by atoms with Gasteiger partial charge in [-0.1, -0.05) is 50.1 Å². The number of hydrogen-bond acceptors (Lipinski definition) is 0. The molecule has 1 aliphatic carbocycles. The van der Waals surface area contributed by atoms with Crippen molar-refractivity contribution in [2.45, 2.75) is 70.4 Å². The summed E-state index contributed by atoms with van der Waals surface area (Å²) in [4.78, 5) is 0. The van der Waals surface area contributed by atoms with Crippen molar-refractivity contribution in [3.63, 3.8) is 0 Å². The van der Waals surface area contributed by atoms with E-state index in [0.29, 0.717) is 29.0 Å². The summed E-state index contributed by atoms with van der Waals surface area (Å²) in [7, 11) is 0. The Labute approximate surface area is 196 Å². The van der Waals surface area contributed by atoms with E-state index < -0.39 is 29.2 Å². The predicted octanol–water partition coefficient (Wildman–Crippen LogP) is 9.13. The zero-order valence-electron chi connectivity index (χ0n) is 19.1. The lowest BCUT2D eigenvalue weighted by molar-refractivity contribution is -0.142. The second-order valence-electron chi connectivity index (χ2n) is 9.46. The van der Waals surface area contributed by atoms with E-state index in [1.54, 1.807) is 12.1 Å². The van der Waals surface area contributed by atoms with E-state index in [1.165, 1.54) is 31.2 Å². The second kappa shape index (κ2) is 10.0. The Balaban J connectivity index is 1.48. The summed E-state index contributed by atoms with van der Waals surface area (Å²) in [6, 6.07) is 10.7. The first-order valence-corrected chi connectivity index (χ1v) is 11.9. The van der Waals surface area contributed by atoms with Crippen LogP contribution in [0.4, 0.5) is 26.3 Å². The predicted molar refractivity (Wildman–Crippen MR) is 122 cm³/mol. The van der Waals surface area contributed by atoms with Crippen LogP contribution in [0, 0.1) is 23.4 Å². The monoisotopic (exact) mass is 478 g/mol. The fraction of sp³-hybridized carbons (Fsp3) is 0.429. The molecule has 34 heavy (non-hydrogen) atoms. The molecule has 3 aromatic carbocycles. The van der Waals surface area contributed by atoms with E-state index in [-0.39, 0.29) is 18.4 Å². The Morgan fingerprint density at radius 2 is 1.50 bits per heavy atom. The Kier molecular flexibility index (Phi) is 7.25. The van der Waals surface area contributed by atoms with Gasteiger partial charge in [0.1, 0.15) is 23.0 Å². The van der Waals surface area contributed by atoms with Gasteiger partial charge in [-0.25, -0.2) is 13.2 Å². The topological polar surface area (TPSA) is 0 Å². The van der Waals surface area contributed by atoms with Crippen LogP contribution in [-0.4, -0.2) is 0 Å². The van der Waals surface area contributed by atoms with Crippen molar-refractivity contribution >= 4 is 10.8 Å². The summed E-state index contributed by atoms with van der Waals surface area (Å²) in [5.74, 6) is -2.41. The van der Waals surface area contributed by atoms with Crippen LogP contribution in [0.1, 0.15) is 73.6 Å². The van der Waals surface area contributed by atoms with E-state index in [4.69, 9.17) is 0 Å². The zero-order valence-corrected chi connectivity index (χ0v) is 19.1. The number of aryl methyl sites for hydroxylation is 2. The number of alkyl halides is 3. The Bertz CT molecular complexity index is 1130. The van der Waals surface area contributed by atoms with Crippen molar-refractivity contribution in [2.24, 2.45) is 5.92 Å². The maximum atomic E-state index is 15.2. The van der Waals surface area contributed by atoms with Crippen LogP contribution in [0.2, 0.25) is 0 Å². The minimum atomic E-state index is -5.11. The van der Waals surface area contributed by atoms with Crippen LogP contribution in [0.5, 0.6) is 0 Å². The molecule has 0 unspecified atom stereocenters. The first kappa shape index (κ1) is 24.6. The summed E-state index contributed by atoms with van der Waals surface area (Å²) in [6.45, 7) is 2.22. The molecule has 0 saturated heterocycles.